The number of carbonyl (C=O) groups excluding carboxylic acids is 1. The van der Waals surface area contributed by atoms with E-state index in [1.54, 1.807) is 33.2 Å². The molecule has 0 spiro atoms. The van der Waals surface area contributed by atoms with E-state index in [4.69, 9.17) is 0 Å². The van der Waals surface area contributed by atoms with Crippen molar-refractivity contribution >= 4 is 11.7 Å². The number of hydrogen-bond acceptors (Lipinski definition) is 1. The lowest BCUT2D eigenvalue weighted by molar-refractivity contribution is 0.230. The number of rotatable bonds is 1. The van der Waals surface area contributed by atoms with Gasteiger partial charge in [-0.15, -0.1) is 0 Å². The van der Waals surface area contributed by atoms with Gasteiger partial charge in [0.2, 0.25) is 0 Å². The standard InChI is InChI=1S/C10H13FN2O/c1-7-4-5-8(6-9(7)11)12-10(14)13(2)3/h4-6H,1-3H3,(H,12,14). The number of nitrogens with zero attached hydrogens (tertiary/aromatic N) is 1. The molecule has 0 heterocycles. The van der Waals surface area contributed by atoms with E-state index < -0.39 is 0 Å². The molecule has 0 fully saturated rings. The van der Waals surface area contributed by atoms with Crippen molar-refractivity contribution in [2.75, 3.05) is 19.4 Å². The summed E-state index contributed by atoms with van der Waals surface area (Å²) in [6, 6.07) is 4.32. The van der Waals surface area contributed by atoms with E-state index in [1.807, 2.05) is 0 Å². The topological polar surface area (TPSA) is 32.3 Å². The van der Waals surface area contributed by atoms with Crippen molar-refractivity contribution in [2.24, 2.45) is 0 Å². The molecule has 76 valence electrons. The number of amides is 2. The number of nitrogens with one attached hydrogen (secondary N) is 1. The van der Waals surface area contributed by atoms with E-state index in [2.05, 4.69) is 5.32 Å². The Morgan fingerprint density at radius 3 is 2.57 bits per heavy atom. The number of urea groups is 1. The van der Waals surface area contributed by atoms with Crippen molar-refractivity contribution in [1.29, 1.82) is 0 Å². The molecule has 0 aliphatic rings. The number of aryl methyl sites for hydroxylation is 1. The third kappa shape index (κ3) is 2.45. The van der Waals surface area contributed by atoms with Crippen molar-refractivity contribution < 1.29 is 9.18 Å². The van der Waals surface area contributed by atoms with Gasteiger partial charge in [0.25, 0.3) is 0 Å². The minimum Gasteiger partial charge on any atom is -0.331 e. The van der Waals surface area contributed by atoms with Gasteiger partial charge in [-0.2, -0.15) is 0 Å². The Kier molecular flexibility index (Phi) is 3.06. The smallest absolute Gasteiger partial charge is 0.321 e. The predicted octanol–water partition coefficient (Wildman–Crippen LogP) is 2.23. The third-order valence-corrected chi connectivity index (χ3v) is 1.83. The molecule has 0 aliphatic carbocycles. The molecule has 0 aliphatic heterocycles. The zero-order chi connectivity index (χ0) is 10.7. The Labute approximate surface area is 82.5 Å². The van der Waals surface area contributed by atoms with Crippen LogP contribution in [0.1, 0.15) is 5.56 Å². The second-order valence-corrected chi connectivity index (χ2v) is 3.29. The molecule has 1 rings (SSSR count). The fraction of sp³-hybridized carbons (Fsp3) is 0.300. The Bertz CT molecular complexity index is 350. The summed E-state index contributed by atoms with van der Waals surface area (Å²) in [5, 5.41) is 2.56. The lowest BCUT2D eigenvalue weighted by Gasteiger charge is -2.12. The van der Waals surface area contributed by atoms with Crippen LogP contribution in [0.3, 0.4) is 0 Å². The zero-order valence-corrected chi connectivity index (χ0v) is 8.47. The van der Waals surface area contributed by atoms with Crippen LogP contribution in [-0.2, 0) is 0 Å². The minimum atomic E-state index is -0.318. The maximum atomic E-state index is 13.1. The zero-order valence-electron chi connectivity index (χ0n) is 8.47. The summed E-state index contributed by atoms with van der Waals surface area (Å²) in [6.07, 6.45) is 0. The summed E-state index contributed by atoms with van der Waals surface area (Å²) < 4.78 is 13.1. The molecule has 0 radical (unpaired) electrons. The highest BCUT2D eigenvalue weighted by Gasteiger charge is 2.05. The Morgan fingerprint density at radius 1 is 1.43 bits per heavy atom. The van der Waals surface area contributed by atoms with Gasteiger partial charge in [-0.3, -0.25) is 0 Å². The van der Waals surface area contributed by atoms with Crippen LogP contribution in [0.4, 0.5) is 14.9 Å². The number of carbonyl (C=O) groups is 1. The first-order valence-corrected chi connectivity index (χ1v) is 4.25. The average Bonchev–Trinajstić information content (AvgIpc) is 2.11. The molecule has 0 unspecified atom stereocenters. The van der Waals surface area contributed by atoms with Gasteiger partial charge in [0.05, 0.1) is 0 Å². The molecule has 2 amide bonds. The van der Waals surface area contributed by atoms with Crippen molar-refractivity contribution in [1.82, 2.24) is 4.90 Å². The maximum Gasteiger partial charge on any atom is 0.321 e. The monoisotopic (exact) mass is 196 g/mol. The lowest BCUT2D eigenvalue weighted by Crippen LogP contribution is -2.27. The first kappa shape index (κ1) is 10.5. The first-order chi connectivity index (χ1) is 6.50. The van der Waals surface area contributed by atoms with E-state index in [1.165, 1.54) is 11.0 Å². The van der Waals surface area contributed by atoms with Gasteiger partial charge in [0, 0.05) is 19.8 Å². The van der Waals surface area contributed by atoms with Crippen LogP contribution in [-0.4, -0.2) is 25.0 Å². The highest BCUT2D eigenvalue weighted by atomic mass is 19.1. The van der Waals surface area contributed by atoms with Crippen LogP contribution in [0, 0.1) is 12.7 Å². The van der Waals surface area contributed by atoms with Gasteiger partial charge < -0.3 is 10.2 Å². The fourth-order valence-corrected chi connectivity index (χ4v) is 0.906. The van der Waals surface area contributed by atoms with Gasteiger partial charge >= 0.3 is 6.03 Å². The molecule has 4 heteroatoms. The first-order valence-electron chi connectivity index (χ1n) is 4.25. The lowest BCUT2D eigenvalue weighted by atomic mass is 10.2. The predicted molar refractivity (Wildman–Crippen MR) is 53.8 cm³/mol. The Hall–Kier alpha value is -1.58. The second kappa shape index (κ2) is 4.09. The van der Waals surface area contributed by atoms with Crippen molar-refractivity contribution in [2.45, 2.75) is 6.92 Å². The highest BCUT2D eigenvalue weighted by molar-refractivity contribution is 5.88. The van der Waals surface area contributed by atoms with E-state index in [0.29, 0.717) is 11.3 Å². The van der Waals surface area contributed by atoms with E-state index >= 15 is 0 Å². The van der Waals surface area contributed by atoms with Gasteiger partial charge in [0.1, 0.15) is 5.82 Å². The summed E-state index contributed by atoms with van der Waals surface area (Å²) in [6.45, 7) is 1.67. The van der Waals surface area contributed by atoms with Crippen LogP contribution in [0.5, 0.6) is 0 Å². The molecule has 0 bridgehead atoms. The minimum absolute atomic E-state index is 0.270. The number of benzene rings is 1. The molecule has 0 saturated carbocycles. The second-order valence-electron chi connectivity index (χ2n) is 3.29. The molecule has 1 N–H and O–H groups in total. The summed E-state index contributed by atoms with van der Waals surface area (Å²) in [5.41, 5.74) is 1.03. The number of halogens is 1. The van der Waals surface area contributed by atoms with Crippen LogP contribution in [0.15, 0.2) is 18.2 Å². The van der Waals surface area contributed by atoms with Crippen molar-refractivity contribution in [3.8, 4) is 0 Å². The van der Waals surface area contributed by atoms with Crippen LogP contribution >= 0.6 is 0 Å². The summed E-state index contributed by atoms with van der Waals surface area (Å²) >= 11 is 0. The molecular formula is C10H13FN2O. The van der Waals surface area contributed by atoms with Gasteiger partial charge in [-0.1, -0.05) is 6.07 Å². The summed E-state index contributed by atoms with van der Waals surface area (Å²) in [4.78, 5) is 12.6. The average molecular weight is 196 g/mol. The number of hydrogen-bond donors (Lipinski definition) is 1. The largest absolute Gasteiger partial charge is 0.331 e. The van der Waals surface area contributed by atoms with Gasteiger partial charge in [0.15, 0.2) is 0 Å². The number of anilines is 1. The van der Waals surface area contributed by atoms with Gasteiger partial charge in [-0.25, -0.2) is 9.18 Å². The quantitative estimate of drug-likeness (QED) is 0.733. The Balaban J connectivity index is 2.78. The normalized spacial score (nSPS) is 9.71. The van der Waals surface area contributed by atoms with Gasteiger partial charge in [-0.05, 0) is 24.6 Å². The summed E-state index contributed by atoms with van der Waals surface area (Å²) in [5.74, 6) is -0.318. The Morgan fingerprint density at radius 2 is 2.07 bits per heavy atom. The van der Waals surface area contributed by atoms with Crippen LogP contribution in [0.25, 0.3) is 0 Å². The molecule has 3 nitrogen and oxygen atoms in total. The summed E-state index contributed by atoms with van der Waals surface area (Å²) in [7, 11) is 3.25. The SMILES string of the molecule is Cc1ccc(NC(=O)N(C)C)cc1F. The molecule has 1 aromatic rings. The van der Waals surface area contributed by atoms with Crippen LogP contribution in [0.2, 0.25) is 0 Å². The van der Waals surface area contributed by atoms with E-state index in [9.17, 15) is 9.18 Å². The third-order valence-electron chi connectivity index (χ3n) is 1.83. The molecule has 0 aromatic heterocycles. The molecule has 0 saturated heterocycles. The molecule has 14 heavy (non-hydrogen) atoms. The van der Waals surface area contributed by atoms with E-state index in [0.717, 1.165) is 0 Å². The highest BCUT2D eigenvalue weighted by Crippen LogP contribution is 2.13. The molecule has 1 aromatic carbocycles. The van der Waals surface area contributed by atoms with Crippen molar-refractivity contribution in [3.63, 3.8) is 0 Å². The fourth-order valence-electron chi connectivity index (χ4n) is 0.906. The van der Waals surface area contributed by atoms with E-state index in [-0.39, 0.29) is 11.8 Å². The maximum absolute atomic E-state index is 13.1. The molecular weight excluding hydrogens is 183 g/mol. The van der Waals surface area contributed by atoms with Crippen molar-refractivity contribution in [3.05, 3.63) is 29.6 Å². The van der Waals surface area contributed by atoms with Crippen LogP contribution < -0.4 is 5.32 Å². The molecule has 0 atom stereocenters.